The third kappa shape index (κ3) is 3.34. The maximum Gasteiger partial charge on any atom is 0.226 e. The number of hydrogen-bond acceptors (Lipinski definition) is 4. The van der Waals surface area contributed by atoms with Crippen LogP contribution in [-0.2, 0) is 11.8 Å². The highest BCUT2D eigenvalue weighted by Gasteiger charge is 2.33. The summed E-state index contributed by atoms with van der Waals surface area (Å²) in [5.74, 6) is 1.31. The molecule has 2 aromatic rings. The minimum Gasteiger partial charge on any atom is -0.369 e. The molecular formula is C21H29N5O. The van der Waals surface area contributed by atoms with Crippen molar-refractivity contribution in [1.82, 2.24) is 14.7 Å². The molecule has 1 fully saturated rings. The first kappa shape index (κ1) is 18.0. The maximum atomic E-state index is 12.3. The number of anilines is 2. The Hall–Kier alpha value is -2.34. The Morgan fingerprint density at radius 3 is 2.37 bits per heavy atom. The van der Waals surface area contributed by atoms with Crippen molar-refractivity contribution < 1.29 is 4.79 Å². The zero-order chi connectivity index (χ0) is 19.1. The summed E-state index contributed by atoms with van der Waals surface area (Å²) in [5.41, 5.74) is 4.72. The van der Waals surface area contributed by atoms with Crippen molar-refractivity contribution in [2.24, 2.45) is 7.05 Å². The summed E-state index contributed by atoms with van der Waals surface area (Å²) in [4.78, 5) is 17.1. The van der Waals surface area contributed by atoms with Gasteiger partial charge in [0.1, 0.15) is 5.82 Å². The third-order valence-corrected chi connectivity index (χ3v) is 5.82. The minimum absolute atomic E-state index is 0.0638. The Morgan fingerprint density at radius 2 is 1.74 bits per heavy atom. The molecule has 1 atom stereocenters. The lowest BCUT2D eigenvalue weighted by Crippen LogP contribution is -2.44. The van der Waals surface area contributed by atoms with Crippen LogP contribution in [-0.4, -0.2) is 53.8 Å². The first-order valence-electron chi connectivity index (χ1n) is 9.84. The van der Waals surface area contributed by atoms with Gasteiger partial charge < -0.3 is 15.1 Å². The number of aryl methyl sites for hydroxylation is 1. The summed E-state index contributed by atoms with van der Waals surface area (Å²) < 4.78 is 1.81. The number of benzene rings is 1. The summed E-state index contributed by atoms with van der Waals surface area (Å²) in [6.07, 6.45) is 0.478. The van der Waals surface area contributed by atoms with Crippen LogP contribution in [0.2, 0.25) is 0 Å². The van der Waals surface area contributed by atoms with Gasteiger partial charge in [0, 0.05) is 56.8 Å². The molecule has 2 aliphatic rings. The molecule has 0 aliphatic carbocycles. The monoisotopic (exact) mass is 367 g/mol. The van der Waals surface area contributed by atoms with Crippen molar-refractivity contribution in [3.8, 4) is 0 Å². The molecule has 6 heteroatoms. The van der Waals surface area contributed by atoms with E-state index >= 15 is 0 Å². The highest BCUT2D eigenvalue weighted by atomic mass is 16.1. The number of nitrogens with zero attached hydrogens (tertiary/aromatic N) is 4. The Morgan fingerprint density at radius 1 is 1.07 bits per heavy atom. The van der Waals surface area contributed by atoms with Crippen LogP contribution >= 0.6 is 0 Å². The molecule has 6 nitrogen and oxygen atoms in total. The third-order valence-electron chi connectivity index (χ3n) is 5.82. The summed E-state index contributed by atoms with van der Waals surface area (Å²) in [7, 11) is 4.08. The molecule has 0 radical (unpaired) electrons. The second-order valence-corrected chi connectivity index (χ2v) is 8.11. The van der Waals surface area contributed by atoms with Crippen LogP contribution in [0, 0.1) is 0 Å². The largest absolute Gasteiger partial charge is 0.369 e. The first-order valence-corrected chi connectivity index (χ1v) is 9.84. The average Bonchev–Trinajstić information content (AvgIpc) is 2.99. The SMILES string of the molecule is CC(C)c1nn(C)c2c1C(c1ccc(N3CCN(C)CC3)cc1)CC(=O)N2. The molecule has 144 valence electrons. The van der Waals surface area contributed by atoms with Crippen LogP contribution in [0.4, 0.5) is 11.5 Å². The van der Waals surface area contributed by atoms with Crippen molar-refractivity contribution in [3.05, 3.63) is 41.1 Å². The van der Waals surface area contributed by atoms with Gasteiger partial charge in [-0.25, -0.2) is 0 Å². The zero-order valence-corrected chi connectivity index (χ0v) is 16.7. The van der Waals surface area contributed by atoms with E-state index in [0.29, 0.717) is 12.3 Å². The van der Waals surface area contributed by atoms with E-state index in [0.717, 1.165) is 37.7 Å². The summed E-state index contributed by atoms with van der Waals surface area (Å²) >= 11 is 0. The maximum absolute atomic E-state index is 12.3. The van der Waals surface area contributed by atoms with E-state index in [-0.39, 0.29) is 11.8 Å². The van der Waals surface area contributed by atoms with Gasteiger partial charge in [0.05, 0.1) is 5.69 Å². The van der Waals surface area contributed by atoms with Crippen molar-refractivity contribution in [2.45, 2.75) is 32.1 Å². The van der Waals surface area contributed by atoms with E-state index in [2.05, 4.69) is 65.4 Å². The van der Waals surface area contributed by atoms with Crippen molar-refractivity contribution in [3.63, 3.8) is 0 Å². The Kier molecular flexibility index (Phi) is 4.68. The normalized spacial score (nSPS) is 20.7. The molecule has 4 rings (SSSR count). The molecule has 1 aromatic carbocycles. The van der Waals surface area contributed by atoms with Gasteiger partial charge in [-0.1, -0.05) is 26.0 Å². The second-order valence-electron chi connectivity index (χ2n) is 8.11. The molecule has 1 aromatic heterocycles. The molecule has 1 amide bonds. The van der Waals surface area contributed by atoms with Crippen LogP contribution in [0.15, 0.2) is 24.3 Å². The number of piperazine rings is 1. The lowest BCUT2D eigenvalue weighted by atomic mass is 9.83. The van der Waals surface area contributed by atoms with E-state index < -0.39 is 0 Å². The molecule has 2 aliphatic heterocycles. The minimum atomic E-state index is 0.0638. The predicted molar refractivity (Wildman–Crippen MR) is 109 cm³/mol. The lowest BCUT2D eigenvalue weighted by molar-refractivity contribution is -0.116. The molecule has 27 heavy (non-hydrogen) atoms. The first-order chi connectivity index (χ1) is 12.9. The zero-order valence-electron chi connectivity index (χ0n) is 16.7. The van der Waals surface area contributed by atoms with Crippen LogP contribution in [0.25, 0.3) is 0 Å². The van der Waals surface area contributed by atoms with Gasteiger partial charge in [-0.05, 0) is 30.7 Å². The number of nitrogens with one attached hydrogen (secondary N) is 1. The summed E-state index contributed by atoms with van der Waals surface area (Å²) in [6, 6.07) is 8.80. The molecule has 0 spiro atoms. The number of fused-ring (bicyclic) bond motifs is 1. The highest BCUT2D eigenvalue weighted by Crippen LogP contribution is 2.41. The molecule has 3 heterocycles. The van der Waals surface area contributed by atoms with Crippen LogP contribution in [0.5, 0.6) is 0 Å². The number of rotatable bonds is 3. The highest BCUT2D eigenvalue weighted by molar-refractivity contribution is 5.94. The molecule has 1 N–H and O–H groups in total. The fourth-order valence-corrected chi connectivity index (χ4v) is 4.22. The van der Waals surface area contributed by atoms with E-state index in [4.69, 9.17) is 0 Å². The van der Waals surface area contributed by atoms with E-state index in [1.165, 1.54) is 16.8 Å². The van der Waals surface area contributed by atoms with Gasteiger partial charge in [-0.3, -0.25) is 9.48 Å². The van der Waals surface area contributed by atoms with Crippen LogP contribution in [0.3, 0.4) is 0 Å². The number of aromatic nitrogens is 2. The molecule has 0 saturated carbocycles. The van der Waals surface area contributed by atoms with Crippen molar-refractivity contribution in [1.29, 1.82) is 0 Å². The summed E-state index contributed by atoms with van der Waals surface area (Å²) in [5, 5.41) is 7.71. The van der Waals surface area contributed by atoms with Gasteiger partial charge in [0.15, 0.2) is 0 Å². The van der Waals surface area contributed by atoms with Gasteiger partial charge in [0.25, 0.3) is 0 Å². The topological polar surface area (TPSA) is 53.4 Å². The van der Waals surface area contributed by atoms with Gasteiger partial charge in [0.2, 0.25) is 5.91 Å². The molecule has 1 saturated heterocycles. The van der Waals surface area contributed by atoms with E-state index in [1.54, 1.807) is 0 Å². The number of carbonyl (C=O) groups is 1. The molecular weight excluding hydrogens is 338 g/mol. The fourth-order valence-electron chi connectivity index (χ4n) is 4.22. The smallest absolute Gasteiger partial charge is 0.226 e. The van der Waals surface area contributed by atoms with Crippen molar-refractivity contribution >= 4 is 17.4 Å². The van der Waals surface area contributed by atoms with Crippen molar-refractivity contribution in [2.75, 3.05) is 43.4 Å². The van der Waals surface area contributed by atoms with Gasteiger partial charge >= 0.3 is 0 Å². The second kappa shape index (κ2) is 7.00. The Bertz CT molecular complexity index is 831. The number of hydrogen-bond donors (Lipinski definition) is 1. The number of carbonyl (C=O) groups excluding carboxylic acids is 1. The Labute approximate surface area is 161 Å². The quantitative estimate of drug-likeness (QED) is 0.906. The predicted octanol–water partition coefficient (Wildman–Crippen LogP) is 2.77. The van der Waals surface area contributed by atoms with Gasteiger partial charge in [-0.15, -0.1) is 0 Å². The molecule has 1 unspecified atom stereocenters. The van der Waals surface area contributed by atoms with Crippen LogP contribution in [0.1, 0.15) is 48.9 Å². The van der Waals surface area contributed by atoms with E-state index in [1.807, 2.05) is 11.7 Å². The fraction of sp³-hybridized carbons (Fsp3) is 0.524. The van der Waals surface area contributed by atoms with E-state index in [9.17, 15) is 4.79 Å². The molecule has 0 bridgehead atoms. The Balaban J connectivity index is 1.65. The lowest BCUT2D eigenvalue weighted by Gasteiger charge is -2.34. The van der Waals surface area contributed by atoms with Crippen LogP contribution < -0.4 is 10.2 Å². The number of amides is 1. The number of likely N-dealkylation sites (N-methyl/N-ethyl adjacent to an activating group) is 1. The van der Waals surface area contributed by atoms with Gasteiger partial charge in [-0.2, -0.15) is 5.10 Å². The summed E-state index contributed by atoms with van der Waals surface area (Å²) in [6.45, 7) is 8.64. The average molecular weight is 367 g/mol. The standard InChI is InChI=1S/C21H29N5O/c1-14(2)20-19-17(13-18(27)22-21(19)25(4)23-20)15-5-7-16(8-6-15)26-11-9-24(3)10-12-26/h5-8,14,17H,9-13H2,1-4H3,(H,22,27).